The average molecular weight is 262 g/mol. The number of carboxylic acid groups (broad SMARTS) is 1. The van der Waals surface area contributed by atoms with Gasteiger partial charge in [0.2, 0.25) is 0 Å². The van der Waals surface area contributed by atoms with Gasteiger partial charge in [-0.25, -0.2) is 4.79 Å². The number of halogens is 1. The number of rotatable bonds is 4. The van der Waals surface area contributed by atoms with E-state index < -0.39 is 5.97 Å². The molecular weight excluding hydrogens is 250 g/mol. The zero-order valence-electron chi connectivity index (χ0n) is 8.03. The molecule has 0 fully saturated rings. The van der Waals surface area contributed by atoms with Crippen molar-refractivity contribution in [2.45, 2.75) is 13.0 Å². The predicted molar refractivity (Wildman–Crippen MR) is 55.7 cm³/mol. The van der Waals surface area contributed by atoms with Crippen LogP contribution in [0.25, 0.3) is 0 Å². The third-order valence-electron chi connectivity index (χ3n) is 1.92. The zero-order chi connectivity index (χ0) is 10.7. The van der Waals surface area contributed by atoms with Crippen molar-refractivity contribution >= 4 is 21.9 Å². The van der Waals surface area contributed by atoms with E-state index in [0.29, 0.717) is 6.61 Å². The minimum atomic E-state index is -0.932. The van der Waals surface area contributed by atoms with Crippen molar-refractivity contribution in [2.24, 2.45) is 0 Å². The smallest absolute Gasteiger partial charge is 0.352 e. The summed E-state index contributed by atoms with van der Waals surface area (Å²) in [5, 5.41) is 8.91. The maximum Gasteiger partial charge on any atom is 0.352 e. The fraction of sp³-hybridized carbons (Fsp3) is 0.444. The summed E-state index contributed by atoms with van der Waals surface area (Å²) in [4.78, 5) is 10.9. The fourth-order valence-electron chi connectivity index (χ4n) is 1.30. The van der Waals surface area contributed by atoms with Crippen molar-refractivity contribution in [1.29, 1.82) is 0 Å². The van der Waals surface area contributed by atoms with Crippen molar-refractivity contribution in [2.75, 3.05) is 13.7 Å². The second-order valence-corrected chi connectivity index (χ2v) is 3.98. The highest BCUT2D eigenvalue weighted by Crippen LogP contribution is 2.19. The molecule has 0 saturated carbocycles. The van der Waals surface area contributed by atoms with E-state index in [1.165, 1.54) is 0 Å². The van der Waals surface area contributed by atoms with Crippen molar-refractivity contribution < 1.29 is 14.6 Å². The molecule has 5 heteroatoms. The van der Waals surface area contributed by atoms with E-state index >= 15 is 0 Å². The third kappa shape index (κ3) is 2.36. The number of nitrogens with zero attached hydrogens (tertiary/aromatic N) is 1. The van der Waals surface area contributed by atoms with Crippen molar-refractivity contribution in [3.8, 4) is 0 Å². The SMILES string of the molecule is COCC(C)n1cc(Br)cc1C(=O)O. The summed E-state index contributed by atoms with van der Waals surface area (Å²) in [6.45, 7) is 2.39. The van der Waals surface area contributed by atoms with Crippen molar-refractivity contribution in [3.05, 3.63) is 22.4 Å². The summed E-state index contributed by atoms with van der Waals surface area (Å²) < 4.78 is 7.41. The van der Waals surface area contributed by atoms with Crippen LogP contribution in [0, 0.1) is 0 Å². The number of ether oxygens (including phenoxy) is 1. The largest absolute Gasteiger partial charge is 0.477 e. The maximum atomic E-state index is 10.9. The molecule has 1 aromatic heterocycles. The van der Waals surface area contributed by atoms with Crippen LogP contribution in [0.5, 0.6) is 0 Å². The van der Waals surface area contributed by atoms with Crippen LogP contribution in [0.2, 0.25) is 0 Å². The van der Waals surface area contributed by atoms with Crippen molar-refractivity contribution in [1.82, 2.24) is 4.57 Å². The van der Waals surface area contributed by atoms with Crippen LogP contribution < -0.4 is 0 Å². The lowest BCUT2D eigenvalue weighted by Crippen LogP contribution is -2.15. The van der Waals surface area contributed by atoms with Gasteiger partial charge in [0.1, 0.15) is 5.69 Å². The standard InChI is InChI=1S/C9H12BrNO3/c1-6(5-14-2)11-4-7(10)3-8(11)9(12)13/h3-4,6H,5H2,1-2H3,(H,12,13). The molecule has 0 aliphatic carbocycles. The van der Waals surface area contributed by atoms with Gasteiger partial charge in [-0.15, -0.1) is 0 Å². The predicted octanol–water partition coefficient (Wildman–Crippen LogP) is 2.16. The van der Waals surface area contributed by atoms with Gasteiger partial charge in [-0.1, -0.05) is 0 Å². The topological polar surface area (TPSA) is 51.5 Å². The summed E-state index contributed by atoms with van der Waals surface area (Å²) in [6, 6.07) is 1.59. The summed E-state index contributed by atoms with van der Waals surface area (Å²) >= 11 is 3.25. The first-order chi connectivity index (χ1) is 6.56. The van der Waals surface area contributed by atoms with Gasteiger partial charge in [-0.05, 0) is 28.9 Å². The second-order valence-electron chi connectivity index (χ2n) is 3.06. The first kappa shape index (κ1) is 11.3. The first-order valence-electron chi connectivity index (χ1n) is 4.16. The Morgan fingerprint density at radius 3 is 2.93 bits per heavy atom. The van der Waals surface area contributed by atoms with E-state index in [-0.39, 0.29) is 11.7 Å². The number of aromatic carboxylic acids is 1. The lowest BCUT2D eigenvalue weighted by atomic mass is 10.3. The Morgan fingerprint density at radius 2 is 2.43 bits per heavy atom. The molecular formula is C9H12BrNO3. The molecule has 0 aliphatic rings. The Labute approximate surface area is 90.6 Å². The van der Waals surface area contributed by atoms with Gasteiger partial charge in [0.25, 0.3) is 0 Å². The van der Waals surface area contributed by atoms with Crippen LogP contribution in [0.4, 0.5) is 0 Å². The molecule has 1 aromatic rings. The molecule has 1 N–H and O–H groups in total. The van der Waals surface area contributed by atoms with Gasteiger partial charge in [0.05, 0.1) is 12.6 Å². The Bertz CT molecular complexity index is 335. The van der Waals surface area contributed by atoms with Gasteiger partial charge in [0.15, 0.2) is 0 Å². The molecule has 4 nitrogen and oxygen atoms in total. The van der Waals surface area contributed by atoms with Crippen LogP contribution in [0.15, 0.2) is 16.7 Å². The van der Waals surface area contributed by atoms with Gasteiger partial charge in [-0.2, -0.15) is 0 Å². The molecule has 0 spiro atoms. The minimum absolute atomic E-state index is 0.0115. The molecule has 0 aliphatic heterocycles. The summed E-state index contributed by atoms with van der Waals surface area (Å²) in [5.74, 6) is -0.932. The van der Waals surface area contributed by atoms with E-state index in [1.807, 2.05) is 6.92 Å². The molecule has 14 heavy (non-hydrogen) atoms. The lowest BCUT2D eigenvalue weighted by Gasteiger charge is -2.14. The number of carbonyl (C=O) groups is 1. The van der Waals surface area contributed by atoms with Crippen LogP contribution in [0.1, 0.15) is 23.5 Å². The van der Waals surface area contributed by atoms with Crippen LogP contribution in [-0.4, -0.2) is 29.4 Å². The van der Waals surface area contributed by atoms with Gasteiger partial charge < -0.3 is 14.4 Å². The highest BCUT2D eigenvalue weighted by molar-refractivity contribution is 9.10. The van der Waals surface area contributed by atoms with Crippen LogP contribution in [-0.2, 0) is 4.74 Å². The highest BCUT2D eigenvalue weighted by Gasteiger charge is 2.15. The Morgan fingerprint density at radius 1 is 1.79 bits per heavy atom. The molecule has 78 valence electrons. The fourth-order valence-corrected chi connectivity index (χ4v) is 1.74. The number of methoxy groups -OCH3 is 1. The lowest BCUT2D eigenvalue weighted by molar-refractivity contribution is 0.0678. The normalized spacial score (nSPS) is 12.8. The Balaban J connectivity index is 3.00. The number of hydrogen-bond donors (Lipinski definition) is 1. The van der Waals surface area contributed by atoms with E-state index in [1.54, 1.807) is 23.9 Å². The molecule has 1 unspecified atom stereocenters. The Kier molecular flexibility index (Phi) is 3.71. The van der Waals surface area contributed by atoms with Crippen molar-refractivity contribution in [3.63, 3.8) is 0 Å². The monoisotopic (exact) mass is 261 g/mol. The van der Waals surface area contributed by atoms with Crippen LogP contribution >= 0.6 is 15.9 Å². The molecule has 0 amide bonds. The number of carboxylic acids is 1. The highest BCUT2D eigenvalue weighted by atomic mass is 79.9. The van der Waals surface area contributed by atoms with E-state index in [2.05, 4.69) is 15.9 Å². The molecule has 1 heterocycles. The summed E-state index contributed by atoms with van der Waals surface area (Å²) in [5.41, 5.74) is 0.265. The molecule has 1 atom stereocenters. The van der Waals surface area contributed by atoms with Crippen LogP contribution in [0.3, 0.4) is 0 Å². The van der Waals surface area contributed by atoms with E-state index in [9.17, 15) is 4.79 Å². The molecule has 0 aromatic carbocycles. The summed E-state index contributed by atoms with van der Waals surface area (Å²) in [6.07, 6.45) is 1.74. The maximum absolute atomic E-state index is 10.9. The quantitative estimate of drug-likeness (QED) is 0.904. The summed E-state index contributed by atoms with van der Waals surface area (Å²) in [7, 11) is 1.59. The first-order valence-corrected chi connectivity index (χ1v) is 4.95. The van der Waals surface area contributed by atoms with Gasteiger partial charge >= 0.3 is 5.97 Å². The Hall–Kier alpha value is -0.810. The van der Waals surface area contributed by atoms with Gasteiger partial charge in [0, 0.05) is 17.8 Å². The van der Waals surface area contributed by atoms with Gasteiger partial charge in [-0.3, -0.25) is 0 Å². The second kappa shape index (κ2) is 4.61. The van der Waals surface area contributed by atoms with E-state index in [4.69, 9.17) is 9.84 Å². The third-order valence-corrected chi connectivity index (χ3v) is 2.35. The van der Waals surface area contributed by atoms with E-state index in [0.717, 1.165) is 4.47 Å². The average Bonchev–Trinajstić information content (AvgIpc) is 2.48. The number of aromatic nitrogens is 1. The number of hydrogen-bond acceptors (Lipinski definition) is 2. The minimum Gasteiger partial charge on any atom is -0.477 e. The molecule has 0 radical (unpaired) electrons. The molecule has 0 bridgehead atoms. The molecule has 1 rings (SSSR count). The molecule has 0 saturated heterocycles. The zero-order valence-corrected chi connectivity index (χ0v) is 9.61.